The van der Waals surface area contributed by atoms with Crippen LogP contribution in [0.3, 0.4) is 0 Å². The molecule has 1 unspecified atom stereocenters. The van der Waals surface area contributed by atoms with E-state index in [0.717, 1.165) is 0 Å². The molecule has 0 saturated heterocycles. The quantitative estimate of drug-likeness (QED) is 0.790. The van der Waals surface area contributed by atoms with Crippen molar-refractivity contribution < 1.29 is 17.9 Å². The van der Waals surface area contributed by atoms with Crippen molar-refractivity contribution in [2.24, 2.45) is 0 Å². The molecule has 7 heteroatoms. The molecule has 0 spiro atoms. The molecular weight excluding hydrogens is 328 g/mol. The molecule has 0 amide bonds. The van der Waals surface area contributed by atoms with Gasteiger partial charge in [0.2, 0.25) is 0 Å². The summed E-state index contributed by atoms with van der Waals surface area (Å²) in [5, 5.41) is -0.762. The Labute approximate surface area is 143 Å². The standard InChI is InChI=1S/C17H24N2O4S/c1-19(2)11-9-16(24(20,21)13-8-10-18-12-13)17-14(22-3)6-5-7-15(17)23-4/h5-8,10,12,16,18H,9,11H2,1-4H3. The van der Waals surface area contributed by atoms with Crippen LogP contribution in [0.15, 0.2) is 41.6 Å². The molecule has 132 valence electrons. The third kappa shape index (κ3) is 3.73. The first-order valence-electron chi connectivity index (χ1n) is 7.64. The van der Waals surface area contributed by atoms with Crippen LogP contribution in [0.1, 0.15) is 17.2 Å². The molecule has 1 aromatic heterocycles. The molecule has 2 aromatic rings. The van der Waals surface area contributed by atoms with Crippen LogP contribution in [-0.4, -0.2) is 53.2 Å². The second-order valence-corrected chi connectivity index (χ2v) is 7.88. The van der Waals surface area contributed by atoms with Gasteiger partial charge in [0.1, 0.15) is 11.5 Å². The van der Waals surface area contributed by atoms with Crippen molar-refractivity contribution >= 4 is 9.84 Å². The van der Waals surface area contributed by atoms with E-state index < -0.39 is 15.1 Å². The van der Waals surface area contributed by atoms with Crippen LogP contribution in [0.25, 0.3) is 0 Å². The van der Waals surface area contributed by atoms with Gasteiger partial charge in [0.05, 0.1) is 29.9 Å². The highest BCUT2D eigenvalue weighted by Crippen LogP contribution is 2.42. The fraction of sp³-hybridized carbons (Fsp3) is 0.412. The van der Waals surface area contributed by atoms with E-state index in [2.05, 4.69) is 4.98 Å². The summed E-state index contributed by atoms with van der Waals surface area (Å²) >= 11 is 0. The van der Waals surface area contributed by atoms with Gasteiger partial charge in [-0.15, -0.1) is 0 Å². The van der Waals surface area contributed by atoms with Crippen molar-refractivity contribution in [1.82, 2.24) is 9.88 Å². The molecule has 0 saturated carbocycles. The zero-order valence-electron chi connectivity index (χ0n) is 14.4. The van der Waals surface area contributed by atoms with Crippen LogP contribution < -0.4 is 9.47 Å². The molecule has 1 N–H and O–H groups in total. The highest BCUT2D eigenvalue weighted by Gasteiger charge is 2.34. The lowest BCUT2D eigenvalue weighted by Crippen LogP contribution is -2.22. The number of ether oxygens (including phenoxy) is 2. The number of benzene rings is 1. The number of methoxy groups -OCH3 is 2. The molecule has 2 rings (SSSR count). The van der Waals surface area contributed by atoms with Gasteiger partial charge >= 0.3 is 0 Å². The topological polar surface area (TPSA) is 71.6 Å². The minimum absolute atomic E-state index is 0.263. The molecule has 0 fully saturated rings. The Morgan fingerprint density at radius 1 is 1.12 bits per heavy atom. The average Bonchev–Trinajstić information content (AvgIpc) is 3.09. The van der Waals surface area contributed by atoms with E-state index in [-0.39, 0.29) is 4.90 Å². The van der Waals surface area contributed by atoms with Gasteiger partial charge in [-0.2, -0.15) is 0 Å². The summed E-state index contributed by atoms with van der Waals surface area (Å²) in [6.07, 6.45) is 3.53. The maximum atomic E-state index is 13.2. The van der Waals surface area contributed by atoms with Crippen molar-refractivity contribution in [3.63, 3.8) is 0 Å². The summed E-state index contributed by atoms with van der Waals surface area (Å²) in [6, 6.07) is 6.87. The lowest BCUT2D eigenvalue weighted by atomic mass is 10.1. The smallest absolute Gasteiger partial charge is 0.187 e. The Morgan fingerprint density at radius 2 is 1.75 bits per heavy atom. The van der Waals surface area contributed by atoms with Crippen LogP contribution in [0, 0.1) is 0 Å². The average molecular weight is 352 g/mol. The van der Waals surface area contributed by atoms with E-state index >= 15 is 0 Å². The Kier molecular flexibility index (Phi) is 5.90. The zero-order chi connectivity index (χ0) is 17.7. The number of aromatic amines is 1. The molecule has 1 heterocycles. The molecule has 0 bridgehead atoms. The highest BCUT2D eigenvalue weighted by molar-refractivity contribution is 7.91. The van der Waals surface area contributed by atoms with E-state index in [1.807, 2.05) is 19.0 Å². The Hall–Kier alpha value is -1.99. The normalized spacial score (nSPS) is 13.0. The highest BCUT2D eigenvalue weighted by atomic mass is 32.2. The SMILES string of the molecule is COc1cccc(OC)c1C(CCN(C)C)S(=O)(=O)c1cc[nH]c1. The molecular formula is C17H24N2O4S. The summed E-state index contributed by atoms with van der Waals surface area (Å²) in [4.78, 5) is 5.04. The van der Waals surface area contributed by atoms with Crippen molar-refractivity contribution in [2.75, 3.05) is 34.9 Å². The van der Waals surface area contributed by atoms with Gasteiger partial charge in [0.25, 0.3) is 0 Å². The molecule has 1 aromatic carbocycles. The number of aromatic nitrogens is 1. The number of H-pyrrole nitrogens is 1. The molecule has 0 radical (unpaired) electrons. The lowest BCUT2D eigenvalue weighted by molar-refractivity contribution is 0.369. The van der Waals surface area contributed by atoms with Gasteiger partial charge in [0.15, 0.2) is 9.84 Å². The predicted molar refractivity (Wildman–Crippen MR) is 93.4 cm³/mol. The van der Waals surface area contributed by atoms with Crippen molar-refractivity contribution in [1.29, 1.82) is 0 Å². The first-order valence-corrected chi connectivity index (χ1v) is 9.18. The molecule has 0 aliphatic heterocycles. The second kappa shape index (κ2) is 7.72. The van der Waals surface area contributed by atoms with Crippen molar-refractivity contribution in [3.8, 4) is 11.5 Å². The van der Waals surface area contributed by atoms with Gasteiger partial charge in [-0.05, 0) is 45.3 Å². The second-order valence-electron chi connectivity index (χ2n) is 5.75. The number of nitrogens with zero attached hydrogens (tertiary/aromatic N) is 1. The Bertz CT molecular complexity index is 733. The monoisotopic (exact) mass is 352 g/mol. The van der Waals surface area contributed by atoms with Crippen LogP contribution in [0.4, 0.5) is 0 Å². The van der Waals surface area contributed by atoms with Crippen LogP contribution in [-0.2, 0) is 9.84 Å². The molecule has 0 aliphatic rings. The fourth-order valence-electron chi connectivity index (χ4n) is 2.68. The maximum Gasteiger partial charge on any atom is 0.187 e. The summed E-state index contributed by atoms with van der Waals surface area (Å²) in [5.41, 5.74) is 0.561. The third-order valence-electron chi connectivity index (χ3n) is 3.90. The third-order valence-corrected chi connectivity index (χ3v) is 6.03. The van der Waals surface area contributed by atoms with E-state index in [0.29, 0.717) is 30.0 Å². The van der Waals surface area contributed by atoms with Gasteiger partial charge < -0.3 is 19.4 Å². The number of nitrogens with one attached hydrogen (secondary N) is 1. The largest absolute Gasteiger partial charge is 0.496 e. The number of sulfone groups is 1. The predicted octanol–water partition coefficient (Wildman–Crippen LogP) is 2.50. The Morgan fingerprint density at radius 3 is 2.21 bits per heavy atom. The molecule has 6 nitrogen and oxygen atoms in total. The van der Waals surface area contributed by atoms with Gasteiger partial charge in [-0.25, -0.2) is 8.42 Å². The number of hydrogen-bond acceptors (Lipinski definition) is 5. The minimum Gasteiger partial charge on any atom is -0.496 e. The van der Waals surface area contributed by atoms with Gasteiger partial charge in [-0.1, -0.05) is 6.07 Å². The van der Waals surface area contributed by atoms with Crippen molar-refractivity contribution in [2.45, 2.75) is 16.6 Å². The van der Waals surface area contributed by atoms with E-state index in [1.165, 1.54) is 20.4 Å². The molecule has 0 aliphatic carbocycles. The number of rotatable bonds is 8. The summed E-state index contributed by atoms with van der Waals surface area (Å²) in [7, 11) is 3.31. The van der Waals surface area contributed by atoms with Crippen LogP contribution in [0.2, 0.25) is 0 Å². The summed E-state index contributed by atoms with van der Waals surface area (Å²) in [5.74, 6) is 1.02. The Balaban J connectivity index is 2.60. The van der Waals surface area contributed by atoms with E-state index in [9.17, 15) is 8.42 Å². The molecule has 24 heavy (non-hydrogen) atoms. The van der Waals surface area contributed by atoms with Gasteiger partial charge in [0, 0.05) is 12.4 Å². The van der Waals surface area contributed by atoms with Crippen molar-refractivity contribution in [3.05, 3.63) is 42.2 Å². The zero-order valence-corrected chi connectivity index (χ0v) is 15.3. The first kappa shape index (κ1) is 18.4. The lowest BCUT2D eigenvalue weighted by Gasteiger charge is -2.23. The van der Waals surface area contributed by atoms with Crippen LogP contribution in [0.5, 0.6) is 11.5 Å². The molecule has 1 atom stereocenters. The maximum absolute atomic E-state index is 13.2. The minimum atomic E-state index is -3.59. The first-order chi connectivity index (χ1) is 11.4. The van der Waals surface area contributed by atoms with E-state index in [4.69, 9.17) is 9.47 Å². The van der Waals surface area contributed by atoms with Gasteiger partial charge in [-0.3, -0.25) is 0 Å². The van der Waals surface area contributed by atoms with E-state index in [1.54, 1.807) is 30.5 Å². The summed E-state index contributed by atoms with van der Waals surface area (Å²) < 4.78 is 37.2. The van der Waals surface area contributed by atoms with Crippen LogP contribution >= 0.6 is 0 Å². The summed E-state index contributed by atoms with van der Waals surface area (Å²) in [6.45, 7) is 0.621. The fourth-order valence-corrected chi connectivity index (χ4v) is 4.45. The number of hydrogen-bond donors (Lipinski definition) is 1.